The van der Waals surface area contributed by atoms with Crippen LogP contribution in [0.25, 0.3) is 0 Å². The first kappa shape index (κ1) is 46.4. The number of hydrogen-bond donors (Lipinski definition) is 0. The van der Waals surface area contributed by atoms with E-state index in [1.165, 1.54) is 0 Å². The molecular weight excluding hydrogens is 1280 g/mol. The van der Waals surface area contributed by atoms with E-state index >= 15 is 0 Å². The van der Waals surface area contributed by atoms with Crippen LogP contribution in [0.3, 0.4) is 0 Å². The van der Waals surface area contributed by atoms with Gasteiger partial charge in [0, 0.05) is 0 Å². The van der Waals surface area contributed by atoms with Gasteiger partial charge in [0.15, 0.2) is 0 Å². The maximum absolute atomic E-state index is 13.2. The second-order valence-corrected chi connectivity index (χ2v) is 34.5. The van der Waals surface area contributed by atoms with Gasteiger partial charge in [0.2, 0.25) is 0 Å². The number of rotatable bonds is 16. The molecule has 0 aliphatic heterocycles. The molecule has 8 aromatic rings. The summed E-state index contributed by atoms with van der Waals surface area (Å²) in [5.74, 6) is 0. The van der Waals surface area contributed by atoms with Gasteiger partial charge in [-0.2, -0.15) is 0 Å². The third kappa shape index (κ3) is 13.7. The Kier molecular flexibility index (Phi) is 17.5. The minimum atomic E-state index is -4.23. The van der Waals surface area contributed by atoms with Gasteiger partial charge in [-0.15, -0.1) is 0 Å². The van der Waals surface area contributed by atoms with Gasteiger partial charge in [-0.1, -0.05) is 0 Å². The van der Waals surface area contributed by atoms with Crippen LogP contribution in [0.15, 0.2) is 243 Å². The standard InChI is InChI=1S/2C24H20I2O4S/c2*27-31(28,29-25(21-13-5-1-6-14-21)22-15-7-2-8-16-22)30-26(23-17-9-3-10-18-23)24-19-11-4-12-20-24/h2*1-20H. The van der Waals surface area contributed by atoms with E-state index < -0.39 is 102 Å². The molecule has 0 radical (unpaired) electrons. The zero-order chi connectivity index (χ0) is 43.0. The van der Waals surface area contributed by atoms with E-state index in [1.54, 1.807) is 0 Å². The molecule has 8 rings (SSSR count). The summed E-state index contributed by atoms with van der Waals surface area (Å²) in [5, 5.41) is 0. The fourth-order valence-corrected chi connectivity index (χ4v) is 30.9. The van der Waals surface area contributed by atoms with Crippen molar-refractivity contribution in [1.29, 1.82) is 0 Å². The molecule has 0 aromatic heterocycles. The van der Waals surface area contributed by atoms with Crippen LogP contribution in [0.4, 0.5) is 0 Å². The average Bonchev–Trinajstić information content (AvgIpc) is 3.33. The van der Waals surface area contributed by atoms with Crippen molar-refractivity contribution >= 4 is 102 Å². The van der Waals surface area contributed by atoms with E-state index in [4.69, 9.17) is 10.1 Å². The van der Waals surface area contributed by atoms with Gasteiger partial charge in [-0.25, -0.2) is 0 Å². The molecule has 8 nitrogen and oxygen atoms in total. The van der Waals surface area contributed by atoms with E-state index in [9.17, 15) is 16.8 Å². The Hall–Kier alpha value is -3.58. The molecule has 0 aliphatic carbocycles. The average molecular weight is 1320 g/mol. The molecule has 0 fully saturated rings. The van der Waals surface area contributed by atoms with Crippen LogP contribution in [-0.4, -0.2) is 16.8 Å². The Labute approximate surface area is 395 Å². The third-order valence-corrected chi connectivity index (χ3v) is 33.5. The molecule has 0 saturated carbocycles. The summed E-state index contributed by atoms with van der Waals surface area (Å²) < 4.78 is 83.2. The van der Waals surface area contributed by atoms with Gasteiger partial charge in [0.1, 0.15) is 0 Å². The fourth-order valence-electron chi connectivity index (χ4n) is 5.36. The van der Waals surface area contributed by atoms with E-state index in [-0.39, 0.29) is 0 Å². The molecule has 62 heavy (non-hydrogen) atoms. The Morgan fingerprint density at radius 1 is 0.210 bits per heavy atom. The summed E-state index contributed by atoms with van der Waals surface area (Å²) in [6.45, 7) is 0. The fraction of sp³-hybridized carbons (Fsp3) is 0. The van der Waals surface area contributed by atoms with Crippen molar-refractivity contribution in [3.05, 3.63) is 271 Å². The first-order valence-corrected chi connectivity index (χ1v) is 33.6. The molecule has 0 saturated heterocycles. The van der Waals surface area contributed by atoms with Crippen LogP contribution in [0, 0.1) is 28.6 Å². The minimum absolute atomic E-state index is 0.893. The molecule has 0 bridgehead atoms. The zero-order valence-electron chi connectivity index (χ0n) is 32.7. The Balaban J connectivity index is 0.000000186. The van der Waals surface area contributed by atoms with Crippen molar-refractivity contribution in [2.24, 2.45) is 0 Å². The Morgan fingerprint density at radius 2 is 0.323 bits per heavy atom. The molecule has 14 heteroatoms. The third-order valence-electron chi connectivity index (χ3n) is 8.01. The summed E-state index contributed by atoms with van der Waals surface area (Å²) in [7, 11) is -8.47. The molecule has 0 aliphatic rings. The van der Waals surface area contributed by atoms with Crippen molar-refractivity contribution in [1.82, 2.24) is 0 Å². The van der Waals surface area contributed by atoms with E-state index in [1.807, 2.05) is 243 Å². The molecule has 0 unspecified atom stereocenters. The van der Waals surface area contributed by atoms with Crippen molar-refractivity contribution in [3.63, 3.8) is 0 Å². The van der Waals surface area contributed by atoms with Crippen LogP contribution >= 0.6 is 80.9 Å². The van der Waals surface area contributed by atoms with Crippen molar-refractivity contribution < 1.29 is 26.9 Å². The molecule has 0 N–H and O–H groups in total. The summed E-state index contributed by atoms with van der Waals surface area (Å²) in [5.41, 5.74) is 0. The monoisotopic (exact) mass is 1320 g/mol. The van der Waals surface area contributed by atoms with Gasteiger partial charge in [0.05, 0.1) is 0 Å². The van der Waals surface area contributed by atoms with E-state index in [2.05, 4.69) is 0 Å². The molecule has 0 spiro atoms. The second-order valence-electron chi connectivity index (χ2n) is 12.4. The summed E-state index contributed by atoms with van der Waals surface area (Å²) in [6.07, 6.45) is 0. The Morgan fingerprint density at radius 3 is 0.435 bits per heavy atom. The maximum atomic E-state index is 13.2. The number of hydrogen-bond acceptors (Lipinski definition) is 8. The van der Waals surface area contributed by atoms with E-state index in [0.29, 0.717) is 0 Å². The summed E-state index contributed by atoms with van der Waals surface area (Å²) in [6, 6.07) is 76.2. The molecule has 320 valence electrons. The predicted octanol–water partition coefficient (Wildman–Crippen LogP) is 13.2. The predicted molar refractivity (Wildman–Crippen MR) is 279 cm³/mol. The van der Waals surface area contributed by atoms with Gasteiger partial charge >= 0.3 is 400 Å². The zero-order valence-corrected chi connectivity index (χ0v) is 43.0. The van der Waals surface area contributed by atoms with Gasteiger partial charge in [-0.3, -0.25) is 0 Å². The van der Waals surface area contributed by atoms with Gasteiger partial charge in [-0.05, 0) is 0 Å². The van der Waals surface area contributed by atoms with Crippen LogP contribution in [0.5, 0.6) is 0 Å². The van der Waals surface area contributed by atoms with Crippen LogP contribution in [0.1, 0.15) is 0 Å². The number of halogens is 4. The van der Waals surface area contributed by atoms with Gasteiger partial charge < -0.3 is 0 Å². The van der Waals surface area contributed by atoms with Gasteiger partial charge in [0.25, 0.3) is 0 Å². The van der Waals surface area contributed by atoms with Crippen molar-refractivity contribution in [2.75, 3.05) is 0 Å². The van der Waals surface area contributed by atoms with Crippen LogP contribution < -0.4 is 0 Å². The van der Waals surface area contributed by atoms with Crippen LogP contribution in [0.2, 0.25) is 0 Å². The van der Waals surface area contributed by atoms with Crippen LogP contribution in [-0.2, 0) is 30.8 Å². The summed E-state index contributed by atoms with van der Waals surface area (Å²) >= 11 is -10.9. The molecular formula is C48H40I4O8S2. The van der Waals surface area contributed by atoms with Crippen molar-refractivity contribution in [2.45, 2.75) is 0 Å². The summed E-state index contributed by atoms with van der Waals surface area (Å²) in [4.78, 5) is 0. The quantitative estimate of drug-likeness (QED) is 0.0881. The molecule has 0 heterocycles. The molecule has 0 amide bonds. The first-order chi connectivity index (χ1) is 30.2. The van der Waals surface area contributed by atoms with E-state index in [0.717, 1.165) is 28.6 Å². The first-order valence-electron chi connectivity index (χ1n) is 18.7. The molecule has 8 aromatic carbocycles. The normalized spacial score (nSPS) is 12.3. The molecule has 0 atom stereocenters. The second kappa shape index (κ2) is 23.4. The topological polar surface area (TPSA) is 105 Å². The van der Waals surface area contributed by atoms with Crippen molar-refractivity contribution in [3.8, 4) is 0 Å². The number of benzene rings is 8. The Bertz CT molecular complexity index is 2240. The SMILES string of the molecule is O=S(=O)(OI(c1ccccc1)c1ccccc1)OI(c1ccccc1)c1ccccc1.O=S(=O)(OI(c1ccccc1)c1ccccc1)OI(c1ccccc1)c1ccccc1.